The Hall–Kier alpha value is -2.66. The summed E-state index contributed by atoms with van der Waals surface area (Å²) in [6.07, 6.45) is 0.258. The molecule has 1 aliphatic heterocycles. The average Bonchev–Trinajstić information content (AvgIpc) is 2.64. The Morgan fingerprint density at radius 2 is 1.69 bits per heavy atom. The van der Waals surface area contributed by atoms with E-state index in [2.05, 4.69) is 0 Å². The van der Waals surface area contributed by atoms with Crippen LogP contribution >= 0.6 is 0 Å². The number of rotatable bonds is 4. The maximum Gasteiger partial charge on any atom is 0.246 e. The minimum absolute atomic E-state index is 0.0132. The molecule has 2 amide bonds. The van der Waals surface area contributed by atoms with Crippen molar-refractivity contribution in [1.82, 2.24) is 4.90 Å². The molecule has 136 valence electrons. The number of piperazine rings is 1. The van der Waals surface area contributed by atoms with Gasteiger partial charge in [-0.05, 0) is 37.1 Å². The van der Waals surface area contributed by atoms with Crippen molar-refractivity contribution in [2.75, 3.05) is 18.0 Å². The lowest BCUT2D eigenvalue weighted by molar-refractivity contribution is -0.138. The second kappa shape index (κ2) is 7.70. The number of nitrogens with zero attached hydrogens (tertiary/aromatic N) is 2. The summed E-state index contributed by atoms with van der Waals surface area (Å²) in [5.41, 5.74) is 3.72. The summed E-state index contributed by atoms with van der Waals surface area (Å²) in [6.45, 7) is 4.57. The number of carbonyl (C=O) groups is 2. The van der Waals surface area contributed by atoms with Crippen LogP contribution in [-0.2, 0) is 22.6 Å². The highest BCUT2D eigenvalue weighted by Crippen LogP contribution is 2.21. The zero-order chi connectivity index (χ0) is 18.7. The van der Waals surface area contributed by atoms with E-state index in [4.69, 9.17) is 5.11 Å². The maximum atomic E-state index is 12.7. The highest BCUT2D eigenvalue weighted by Gasteiger charge is 2.33. The molecule has 0 radical (unpaired) electrons. The Morgan fingerprint density at radius 1 is 1.08 bits per heavy atom. The molecule has 1 N–H and O–H groups in total. The molecule has 0 saturated carbocycles. The van der Waals surface area contributed by atoms with Crippen LogP contribution in [0.1, 0.15) is 23.6 Å². The molecule has 1 fully saturated rings. The largest absolute Gasteiger partial charge is 0.392 e. The summed E-state index contributed by atoms with van der Waals surface area (Å²) < 4.78 is 0. The highest BCUT2D eigenvalue weighted by atomic mass is 16.3. The number of aliphatic hydroxyl groups excluding tert-OH is 1. The molecule has 26 heavy (non-hydrogen) atoms. The molecule has 2 aromatic carbocycles. The maximum absolute atomic E-state index is 12.7. The topological polar surface area (TPSA) is 60.9 Å². The molecule has 5 nitrogen and oxygen atoms in total. The van der Waals surface area contributed by atoms with Crippen LogP contribution in [0.5, 0.6) is 0 Å². The van der Waals surface area contributed by atoms with Crippen molar-refractivity contribution in [3.05, 3.63) is 65.2 Å². The van der Waals surface area contributed by atoms with E-state index >= 15 is 0 Å². The van der Waals surface area contributed by atoms with E-state index < -0.39 is 0 Å². The molecular formula is C21H24N2O3. The van der Waals surface area contributed by atoms with Gasteiger partial charge in [-0.2, -0.15) is 0 Å². The van der Waals surface area contributed by atoms with E-state index in [1.807, 2.05) is 62.4 Å². The fourth-order valence-electron chi connectivity index (χ4n) is 3.20. The number of aliphatic hydroxyl groups is 1. The molecular weight excluding hydrogens is 328 g/mol. The lowest BCUT2D eigenvalue weighted by Crippen LogP contribution is -2.57. The number of benzene rings is 2. The number of hydrogen-bond donors (Lipinski definition) is 1. The van der Waals surface area contributed by atoms with Gasteiger partial charge in [-0.3, -0.25) is 9.59 Å². The summed E-state index contributed by atoms with van der Waals surface area (Å²) in [4.78, 5) is 28.7. The monoisotopic (exact) mass is 352 g/mol. The molecule has 0 spiro atoms. The van der Waals surface area contributed by atoms with E-state index in [9.17, 15) is 9.59 Å². The van der Waals surface area contributed by atoms with Crippen LogP contribution in [0.25, 0.3) is 0 Å². The van der Waals surface area contributed by atoms with Crippen LogP contribution in [0.4, 0.5) is 5.69 Å². The lowest BCUT2D eigenvalue weighted by Gasteiger charge is -2.39. The van der Waals surface area contributed by atoms with Gasteiger partial charge < -0.3 is 14.9 Å². The Morgan fingerprint density at radius 3 is 2.31 bits per heavy atom. The normalized spacial score (nSPS) is 17.5. The van der Waals surface area contributed by atoms with Crippen molar-refractivity contribution >= 4 is 17.5 Å². The summed E-state index contributed by atoms with van der Waals surface area (Å²) in [7, 11) is 0. The minimum atomic E-state index is -0.0593. The molecule has 5 heteroatoms. The van der Waals surface area contributed by atoms with Crippen LogP contribution in [-0.4, -0.2) is 41.0 Å². The van der Waals surface area contributed by atoms with E-state index in [-0.39, 0.29) is 37.4 Å². The van der Waals surface area contributed by atoms with E-state index in [0.717, 1.165) is 22.4 Å². The van der Waals surface area contributed by atoms with Crippen molar-refractivity contribution in [3.63, 3.8) is 0 Å². The van der Waals surface area contributed by atoms with Gasteiger partial charge in [-0.1, -0.05) is 42.0 Å². The van der Waals surface area contributed by atoms with Crippen molar-refractivity contribution in [3.8, 4) is 0 Å². The average molecular weight is 352 g/mol. The third-order valence-corrected chi connectivity index (χ3v) is 4.81. The third-order valence-electron chi connectivity index (χ3n) is 4.81. The highest BCUT2D eigenvalue weighted by molar-refractivity contribution is 5.98. The zero-order valence-electron chi connectivity index (χ0n) is 15.2. The zero-order valence-corrected chi connectivity index (χ0v) is 15.2. The van der Waals surface area contributed by atoms with Gasteiger partial charge in [0.15, 0.2) is 0 Å². The van der Waals surface area contributed by atoms with Crippen molar-refractivity contribution < 1.29 is 14.7 Å². The Balaban J connectivity index is 1.67. The van der Waals surface area contributed by atoms with Gasteiger partial charge in [0.2, 0.25) is 11.8 Å². The van der Waals surface area contributed by atoms with Crippen molar-refractivity contribution in [1.29, 1.82) is 0 Å². The van der Waals surface area contributed by atoms with Gasteiger partial charge in [0, 0.05) is 18.3 Å². The predicted molar refractivity (Wildman–Crippen MR) is 101 cm³/mol. The predicted octanol–water partition coefficient (Wildman–Crippen LogP) is 2.29. The van der Waals surface area contributed by atoms with Gasteiger partial charge in [-0.25, -0.2) is 0 Å². The molecule has 1 heterocycles. The smallest absolute Gasteiger partial charge is 0.246 e. The van der Waals surface area contributed by atoms with E-state index in [1.165, 1.54) is 0 Å². The summed E-state index contributed by atoms with van der Waals surface area (Å²) in [5, 5.41) is 9.09. The van der Waals surface area contributed by atoms with Gasteiger partial charge in [0.1, 0.15) is 6.54 Å². The number of aryl methyl sites for hydroxylation is 1. The molecule has 0 bridgehead atoms. The Labute approximate surface area is 153 Å². The second-order valence-electron chi connectivity index (χ2n) is 6.86. The molecule has 2 aromatic rings. The first-order chi connectivity index (χ1) is 12.5. The van der Waals surface area contributed by atoms with Crippen molar-refractivity contribution in [2.45, 2.75) is 32.9 Å². The molecule has 0 aliphatic carbocycles. The molecule has 0 aromatic heterocycles. The van der Waals surface area contributed by atoms with Crippen LogP contribution in [0.15, 0.2) is 48.5 Å². The Bertz CT molecular complexity index is 784. The van der Waals surface area contributed by atoms with Gasteiger partial charge >= 0.3 is 0 Å². The van der Waals surface area contributed by atoms with Crippen LogP contribution in [0.2, 0.25) is 0 Å². The summed E-state index contributed by atoms with van der Waals surface area (Å²) in [6, 6.07) is 15.1. The van der Waals surface area contributed by atoms with E-state index in [0.29, 0.717) is 6.54 Å². The number of anilines is 1. The molecule has 1 saturated heterocycles. The molecule has 1 atom stereocenters. The lowest BCUT2D eigenvalue weighted by atomic mass is 10.1. The first kappa shape index (κ1) is 18.1. The first-order valence-electron chi connectivity index (χ1n) is 8.83. The summed E-state index contributed by atoms with van der Waals surface area (Å²) in [5.74, 6) is -0.109. The number of amides is 2. The van der Waals surface area contributed by atoms with Crippen LogP contribution in [0, 0.1) is 6.92 Å². The fourth-order valence-corrected chi connectivity index (χ4v) is 3.20. The van der Waals surface area contributed by atoms with Gasteiger partial charge in [-0.15, -0.1) is 0 Å². The van der Waals surface area contributed by atoms with Crippen molar-refractivity contribution in [2.24, 2.45) is 0 Å². The number of carbonyl (C=O) groups excluding carboxylic acids is 2. The standard InChI is InChI=1S/C21H24N2O3/c1-15-3-9-19(10-4-15)23-12-16(2)22(13-21(23)26)20(25)11-17-5-7-18(14-24)8-6-17/h3-10,16,24H,11-14H2,1-2H3/t16-/m1/s1. The summed E-state index contributed by atoms with van der Waals surface area (Å²) >= 11 is 0. The van der Waals surface area contributed by atoms with E-state index in [1.54, 1.807) is 9.80 Å². The quantitative estimate of drug-likeness (QED) is 0.918. The minimum Gasteiger partial charge on any atom is -0.392 e. The van der Waals surface area contributed by atoms with Gasteiger partial charge in [0.05, 0.1) is 13.0 Å². The Kier molecular flexibility index (Phi) is 5.38. The van der Waals surface area contributed by atoms with Crippen LogP contribution in [0.3, 0.4) is 0 Å². The molecule has 3 rings (SSSR count). The van der Waals surface area contributed by atoms with Gasteiger partial charge in [0.25, 0.3) is 0 Å². The fraction of sp³-hybridized carbons (Fsp3) is 0.333. The van der Waals surface area contributed by atoms with Crippen LogP contribution < -0.4 is 4.90 Å². The molecule has 0 unspecified atom stereocenters. The SMILES string of the molecule is Cc1ccc(N2C[C@@H](C)N(C(=O)Cc3ccc(CO)cc3)CC2=O)cc1. The second-order valence-corrected chi connectivity index (χ2v) is 6.86. The number of hydrogen-bond acceptors (Lipinski definition) is 3. The third kappa shape index (κ3) is 3.94. The first-order valence-corrected chi connectivity index (χ1v) is 8.83. The molecule has 1 aliphatic rings.